The van der Waals surface area contributed by atoms with Gasteiger partial charge in [-0.25, -0.2) is 0 Å². The number of hydrogen-bond acceptors (Lipinski definition) is 3. The summed E-state index contributed by atoms with van der Waals surface area (Å²) >= 11 is 0. The SMILES string of the molecule is CN1CCCC(NC(=O)c2ccc(=O)[nH]c2)C1. The fraction of sp³-hybridized carbons (Fsp3) is 0.500. The first kappa shape index (κ1) is 11.9. The van der Waals surface area contributed by atoms with Crippen LogP contribution in [0.15, 0.2) is 23.1 Å². The number of H-pyrrole nitrogens is 1. The summed E-state index contributed by atoms with van der Waals surface area (Å²) in [5.41, 5.74) is 0.303. The number of nitrogens with one attached hydrogen (secondary N) is 2. The summed E-state index contributed by atoms with van der Waals surface area (Å²) in [7, 11) is 2.05. The molecule has 1 aromatic heterocycles. The average Bonchev–Trinajstić information content (AvgIpc) is 2.29. The van der Waals surface area contributed by atoms with Gasteiger partial charge in [0.1, 0.15) is 0 Å². The maximum Gasteiger partial charge on any atom is 0.253 e. The number of aromatic nitrogens is 1. The van der Waals surface area contributed by atoms with Crippen LogP contribution in [0, 0.1) is 0 Å². The summed E-state index contributed by atoms with van der Waals surface area (Å²) < 4.78 is 0. The van der Waals surface area contributed by atoms with E-state index in [4.69, 9.17) is 0 Å². The molecule has 5 heteroatoms. The third-order valence-corrected chi connectivity index (χ3v) is 3.01. The fourth-order valence-electron chi connectivity index (χ4n) is 2.10. The zero-order valence-electron chi connectivity index (χ0n) is 9.90. The van der Waals surface area contributed by atoms with E-state index in [1.54, 1.807) is 6.07 Å². The molecule has 92 valence electrons. The number of carbonyl (C=O) groups excluding carboxylic acids is 1. The van der Waals surface area contributed by atoms with Gasteiger partial charge >= 0.3 is 0 Å². The van der Waals surface area contributed by atoms with Crippen molar-refractivity contribution in [2.24, 2.45) is 0 Å². The molecule has 1 atom stereocenters. The van der Waals surface area contributed by atoms with Crippen molar-refractivity contribution in [3.63, 3.8) is 0 Å². The Kier molecular flexibility index (Phi) is 3.58. The number of piperidine rings is 1. The van der Waals surface area contributed by atoms with Gasteiger partial charge in [-0.2, -0.15) is 0 Å². The van der Waals surface area contributed by atoms with Crippen molar-refractivity contribution in [1.82, 2.24) is 15.2 Å². The summed E-state index contributed by atoms with van der Waals surface area (Å²) in [4.78, 5) is 27.5. The Labute approximate surface area is 99.8 Å². The number of aromatic amines is 1. The minimum atomic E-state index is -0.195. The second-order valence-corrected chi connectivity index (χ2v) is 4.52. The molecule has 1 amide bonds. The number of carbonyl (C=O) groups is 1. The van der Waals surface area contributed by atoms with Gasteiger partial charge in [-0.1, -0.05) is 0 Å². The fourth-order valence-corrected chi connectivity index (χ4v) is 2.10. The van der Waals surface area contributed by atoms with E-state index in [-0.39, 0.29) is 17.5 Å². The molecular formula is C12H17N3O2. The highest BCUT2D eigenvalue weighted by atomic mass is 16.2. The first-order valence-electron chi connectivity index (χ1n) is 5.83. The third-order valence-electron chi connectivity index (χ3n) is 3.01. The van der Waals surface area contributed by atoms with E-state index in [9.17, 15) is 9.59 Å². The molecule has 0 spiro atoms. The van der Waals surface area contributed by atoms with E-state index >= 15 is 0 Å². The zero-order chi connectivity index (χ0) is 12.3. The van der Waals surface area contributed by atoms with Crippen molar-refractivity contribution in [1.29, 1.82) is 0 Å². The molecule has 0 radical (unpaired) electrons. The highest BCUT2D eigenvalue weighted by Crippen LogP contribution is 2.08. The summed E-state index contributed by atoms with van der Waals surface area (Å²) in [6.45, 7) is 1.97. The van der Waals surface area contributed by atoms with Gasteiger partial charge in [0.25, 0.3) is 5.91 Å². The molecule has 2 heterocycles. The van der Waals surface area contributed by atoms with Gasteiger partial charge in [-0.15, -0.1) is 0 Å². The van der Waals surface area contributed by atoms with Crippen LogP contribution >= 0.6 is 0 Å². The van der Waals surface area contributed by atoms with Gasteiger partial charge in [0.05, 0.1) is 5.56 Å². The topological polar surface area (TPSA) is 65.2 Å². The summed E-state index contributed by atoms with van der Waals surface area (Å²) in [5, 5.41) is 2.98. The molecule has 1 saturated heterocycles. The molecule has 0 bridgehead atoms. The zero-order valence-corrected chi connectivity index (χ0v) is 9.90. The molecule has 1 aliphatic rings. The molecular weight excluding hydrogens is 218 g/mol. The Morgan fingerprint density at radius 3 is 3.00 bits per heavy atom. The van der Waals surface area contributed by atoms with Crippen molar-refractivity contribution in [2.45, 2.75) is 18.9 Å². The van der Waals surface area contributed by atoms with Crippen LogP contribution in [0.5, 0.6) is 0 Å². The molecule has 1 fully saturated rings. The van der Waals surface area contributed by atoms with E-state index < -0.39 is 0 Å². The molecule has 17 heavy (non-hydrogen) atoms. The van der Waals surface area contributed by atoms with Gasteiger partial charge in [0.15, 0.2) is 0 Å². The number of nitrogens with zero attached hydrogens (tertiary/aromatic N) is 1. The number of hydrogen-bond donors (Lipinski definition) is 2. The third kappa shape index (κ3) is 3.17. The largest absolute Gasteiger partial charge is 0.348 e. The number of pyridine rings is 1. The predicted molar refractivity (Wildman–Crippen MR) is 65.0 cm³/mol. The van der Waals surface area contributed by atoms with Gasteiger partial charge in [-0.3, -0.25) is 9.59 Å². The van der Waals surface area contributed by atoms with Gasteiger partial charge in [-0.05, 0) is 32.5 Å². The van der Waals surface area contributed by atoms with Gasteiger partial charge < -0.3 is 15.2 Å². The standard InChI is InChI=1S/C12H17N3O2/c1-15-6-2-3-10(8-15)14-12(17)9-4-5-11(16)13-7-9/h4-5,7,10H,2-3,6,8H2,1H3,(H,13,16)(H,14,17). The maximum absolute atomic E-state index is 11.9. The lowest BCUT2D eigenvalue weighted by atomic mass is 10.1. The summed E-state index contributed by atoms with van der Waals surface area (Å²) in [6.07, 6.45) is 3.57. The van der Waals surface area contributed by atoms with E-state index in [2.05, 4.69) is 22.2 Å². The van der Waals surface area contributed by atoms with Crippen LogP contribution in [0.4, 0.5) is 0 Å². The predicted octanol–water partition coefficient (Wildman–Crippen LogP) is 0.199. The summed E-state index contributed by atoms with van der Waals surface area (Å²) in [5.74, 6) is -0.124. The van der Waals surface area contributed by atoms with Gasteiger partial charge in [0.2, 0.25) is 5.56 Å². The van der Waals surface area contributed by atoms with E-state index in [0.29, 0.717) is 5.56 Å². The smallest absolute Gasteiger partial charge is 0.253 e. The highest BCUT2D eigenvalue weighted by molar-refractivity contribution is 5.94. The van der Waals surface area contributed by atoms with Crippen molar-refractivity contribution in [3.05, 3.63) is 34.2 Å². The van der Waals surface area contributed by atoms with E-state index in [0.717, 1.165) is 25.9 Å². The highest BCUT2D eigenvalue weighted by Gasteiger charge is 2.19. The van der Waals surface area contributed by atoms with Crippen LogP contribution < -0.4 is 10.9 Å². The molecule has 1 aliphatic heterocycles. The molecule has 0 saturated carbocycles. The molecule has 2 rings (SSSR count). The van der Waals surface area contributed by atoms with Crippen molar-refractivity contribution >= 4 is 5.91 Å². The lowest BCUT2D eigenvalue weighted by Gasteiger charge is -2.30. The number of rotatable bonds is 2. The number of likely N-dealkylation sites (tertiary alicyclic amines) is 1. The Bertz CT molecular complexity index is 435. The van der Waals surface area contributed by atoms with Gasteiger partial charge in [0, 0.05) is 24.8 Å². The quantitative estimate of drug-likeness (QED) is 0.769. The average molecular weight is 235 g/mol. The second kappa shape index (κ2) is 5.14. The van der Waals surface area contributed by atoms with Crippen molar-refractivity contribution in [2.75, 3.05) is 20.1 Å². The minimum absolute atomic E-state index is 0.124. The van der Waals surface area contributed by atoms with E-state index in [1.165, 1.54) is 12.3 Å². The van der Waals surface area contributed by atoms with Crippen LogP contribution in [-0.4, -0.2) is 42.0 Å². The molecule has 1 unspecified atom stereocenters. The molecule has 0 aromatic carbocycles. The second-order valence-electron chi connectivity index (χ2n) is 4.52. The van der Waals surface area contributed by atoms with Crippen LogP contribution in [0.3, 0.4) is 0 Å². The molecule has 2 N–H and O–H groups in total. The number of amides is 1. The summed E-state index contributed by atoms with van der Waals surface area (Å²) in [6, 6.07) is 3.11. The first-order valence-corrected chi connectivity index (χ1v) is 5.83. The molecule has 5 nitrogen and oxygen atoms in total. The Balaban J connectivity index is 1.96. The maximum atomic E-state index is 11.9. The van der Waals surface area contributed by atoms with Crippen LogP contribution in [-0.2, 0) is 0 Å². The minimum Gasteiger partial charge on any atom is -0.348 e. The van der Waals surface area contributed by atoms with Crippen molar-refractivity contribution in [3.8, 4) is 0 Å². The Hall–Kier alpha value is -1.62. The monoisotopic (exact) mass is 235 g/mol. The van der Waals surface area contributed by atoms with Crippen molar-refractivity contribution < 1.29 is 4.79 Å². The van der Waals surface area contributed by atoms with Crippen LogP contribution in [0.1, 0.15) is 23.2 Å². The molecule has 1 aromatic rings. The van der Waals surface area contributed by atoms with Crippen LogP contribution in [0.25, 0.3) is 0 Å². The molecule has 0 aliphatic carbocycles. The Morgan fingerprint density at radius 2 is 2.35 bits per heavy atom. The van der Waals surface area contributed by atoms with E-state index in [1.807, 2.05) is 0 Å². The normalized spacial score (nSPS) is 21.1. The van der Waals surface area contributed by atoms with Crippen LogP contribution in [0.2, 0.25) is 0 Å². The lowest BCUT2D eigenvalue weighted by molar-refractivity contribution is 0.0912. The first-order chi connectivity index (χ1) is 8.15. The Morgan fingerprint density at radius 1 is 1.53 bits per heavy atom. The lowest BCUT2D eigenvalue weighted by Crippen LogP contribution is -2.46. The number of likely N-dealkylation sites (N-methyl/N-ethyl adjacent to an activating group) is 1.